The summed E-state index contributed by atoms with van der Waals surface area (Å²) in [6.45, 7) is 3.71. The van der Waals surface area contributed by atoms with E-state index in [0.717, 1.165) is 24.1 Å². The van der Waals surface area contributed by atoms with E-state index in [9.17, 15) is 18.7 Å². The van der Waals surface area contributed by atoms with E-state index in [-0.39, 0.29) is 24.8 Å². The van der Waals surface area contributed by atoms with Gasteiger partial charge in [-0.3, -0.25) is 4.79 Å². The molecule has 0 saturated heterocycles. The van der Waals surface area contributed by atoms with Crippen molar-refractivity contribution in [2.24, 2.45) is 0 Å². The molecule has 0 spiro atoms. The van der Waals surface area contributed by atoms with Crippen LogP contribution in [0.15, 0.2) is 42.0 Å². The first-order chi connectivity index (χ1) is 11.0. The molecule has 0 heterocycles. The Bertz CT molecular complexity index is 585. The highest BCUT2D eigenvalue weighted by Crippen LogP contribution is 2.15. The summed E-state index contributed by atoms with van der Waals surface area (Å²) in [6, 6.07) is 3.10. The minimum Gasteiger partial charge on any atom is -0.491 e. The molecule has 2 N–H and O–H groups in total. The number of aliphatic hydroxyl groups excluding tert-OH is 1. The smallest absolute Gasteiger partial charge is 0.244 e. The van der Waals surface area contributed by atoms with E-state index >= 15 is 0 Å². The molecule has 0 fully saturated rings. The molecule has 0 bridgehead atoms. The number of aliphatic hydroxyl groups is 1. The van der Waals surface area contributed by atoms with Gasteiger partial charge in [0.15, 0.2) is 11.6 Å². The number of rotatable bonds is 8. The molecule has 6 heteroatoms. The molecule has 1 aromatic rings. The first-order valence-corrected chi connectivity index (χ1v) is 7.33. The molecule has 1 atom stereocenters. The molecule has 1 aromatic carbocycles. The number of hydrogen-bond acceptors (Lipinski definition) is 3. The average molecular weight is 325 g/mol. The Hall–Kier alpha value is -2.21. The van der Waals surface area contributed by atoms with Crippen molar-refractivity contribution in [2.45, 2.75) is 26.4 Å². The number of ether oxygens (including phenoxy) is 1. The van der Waals surface area contributed by atoms with Crippen LogP contribution in [-0.4, -0.2) is 30.3 Å². The Morgan fingerprint density at radius 1 is 1.35 bits per heavy atom. The van der Waals surface area contributed by atoms with Crippen molar-refractivity contribution < 1.29 is 23.4 Å². The number of hydrogen-bond donors (Lipinski definition) is 2. The lowest BCUT2D eigenvalue weighted by molar-refractivity contribution is -0.117. The maximum absolute atomic E-state index is 13.0. The number of carbonyl (C=O) groups is 1. The normalized spacial score (nSPS) is 13.2. The predicted octanol–water partition coefficient (Wildman–Crippen LogP) is 2.73. The van der Waals surface area contributed by atoms with Crippen molar-refractivity contribution in [2.75, 3.05) is 13.2 Å². The molecule has 0 aliphatic heterocycles. The van der Waals surface area contributed by atoms with E-state index in [0.29, 0.717) is 0 Å². The largest absolute Gasteiger partial charge is 0.491 e. The topological polar surface area (TPSA) is 58.6 Å². The number of nitrogens with one attached hydrogen (secondary N) is 1. The van der Waals surface area contributed by atoms with Gasteiger partial charge in [0.1, 0.15) is 18.5 Å². The second-order valence-electron chi connectivity index (χ2n) is 4.84. The standard InChI is InChI=1S/C17H21F2NO3/c1-3-12(4-2)5-8-17(22)20-10-13(21)11-23-14-6-7-15(18)16(19)9-14/h3,5-9,13,21H,4,10-11H2,1-2H3,(H,20,22). The Morgan fingerprint density at radius 2 is 2.09 bits per heavy atom. The summed E-state index contributed by atoms with van der Waals surface area (Å²) in [5.74, 6) is -2.21. The van der Waals surface area contributed by atoms with Crippen LogP contribution in [0.5, 0.6) is 5.75 Å². The number of allylic oxidation sites excluding steroid dienone is 3. The first-order valence-electron chi connectivity index (χ1n) is 7.33. The highest BCUT2D eigenvalue weighted by Gasteiger charge is 2.08. The van der Waals surface area contributed by atoms with Crippen LogP contribution in [-0.2, 0) is 4.79 Å². The molecule has 126 valence electrons. The van der Waals surface area contributed by atoms with E-state index in [1.54, 1.807) is 6.08 Å². The quantitative estimate of drug-likeness (QED) is 0.571. The lowest BCUT2D eigenvalue weighted by Crippen LogP contribution is -2.34. The molecule has 0 aromatic heterocycles. The van der Waals surface area contributed by atoms with Crippen LogP contribution < -0.4 is 10.1 Å². The zero-order valence-electron chi connectivity index (χ0n) is 13.2. The third-order valence-corrected chi connectivity index (χ3v) is 3.07. The van der Waals surface area contributed by atoms with Gasteiger partial charge in [-0.15, -0.1) is 0 Å². The highest BCUT2D eigenvalue weighted by molar-refractivity contribution is 5.87. The van der Waals surface area contributed by atoms with Gasteiger partial charge < -0.3 is 15.2 Å². The van der Waals surface area contributed by atoms with Gasteiger partial charge in [-0.05, 0) is 25.5 Å². The van der Waals surface area contributed by atoms with E-state index in [1.165, 1.54) is 12.1 Å². The van der Waals surface area contributed by atoms with Crippen molar-refractivity contribution in [3.8, 4) is 5.75 Å². The summed E-state index contributed by atoms with van der Waals surface area (Å²) in [7, 11) is 0. The summed E-state index contributed by atoms with van der Waals surface area (Å²) in [4.78, 5) is 11.6. The molecule has 0 saturated carbocycles. The van der Waals surface area contributed by atoms with Crippen LogP contribution in [0.25, 0.3) is 0 Å². The molecule has 1 amide bonds. The van der Waals surface area contributed by atoms with Crippen LogP contribution in [0.2, 0.25) is 0 Å². The fourth-order valence-corrected chi connectivity index (χ4v) is 1.70. The SMILES string of the molecule is CC=C(C=CC(=O)NCC(O)COc1ccc(F)c(F)c1)CC. The number of halogens is 2. The fourth-order valence-electron chi connectivity index (χ4n) is 1.70. The number of benzene rings is 1. The Balaban J connectivity index is 2.35. The third-order valence-electron chi connectivity index (χ3n) is 3.07. The average Bonchev–Trinajstić information content (AvgIpc) is 2.55. The van der Waals surface area contributed by atoms with Crippen molar-refractivity contribution >= 4 is 5.91 Å². The van der Waals surface area contributed by atoms with Crippen LogP contribution >= 0.6 is 0 Å². The van der Waals surface area contributed by atoms with Gasteiger partial charge in [0.2, 0.25) is 5.91 Å². The lowest BCUT2D eigenvalue weighted by atomic mass is 10.2. The van der Waals surface area contributed by atoms with Gasteiger partial charge in [-0.25, -0.2) is 8.78 Å². The molecule has 1 unspecified atom stereocenters. The minimum absolute atomic E-state index is 0.00977. The Morgan fingerprint density at radius 3 is 2.70 bits per heavy atom. The molecule has 0 aliphatic rings. The van der Waals surface area contributed by atoms with Gasteiger partial charge in [-0.2, -0.15) is 0 Å². The number of amides is 1. The molecule has 0 aliphatic carbocycles. The summed E-state index contributed by atoms with van der Waals surface area (Å²) >= 11 is 0. The van der Waals surface area contributed by atoms with Gasteiger partial charge in [0.25, 0.3) is 0 Å². The van der Waals surface area contributed by atoms with Crippen LogP contribution in [0.4, 0.5) is 8.78 Å². The summed E-state index contributed by atoms with van der Waals surface area (Å²) in [5, 5.41) is 12.2. The zero-order chi connectivity index (χ0) is 17.2. The molecule has 1 rings (SSSR count). The predicted molar refractivity (Wildman–Crippen MR) is 84.1 cm³/mol. The molecular weight excluding hydrogens is 304 g/mol. The molecule has 4 nitrogen and oxygen atoms in total. The van der Waals surface area contributed by atoms with Crippen LogP contribution in [0, 0.1) is 11.6 Å². The monoisotopic (exact) mass is 325 g/mol. The van der Waals surface area contributed by atoms with Gasteiger partial charge in [0.05, 0.1) is 0 Å². The zero-order valence-corrected chi connectivity index (χ0v) is 13.2. The van der Waals surface area contributed by atoms with Crippen molar-refractivity contribution in [1.29, 1.82) is 0 Å². The molecule has 23 heavy (non-hydrogen) atoms. The van der Waals surface area contributed by atoms with Gasteiger partial charge in [-0.1, -0.05) is 24.6 Å². The first kappa shape index (κ1) is 18.8. The van der Waals surface area contributed by atoms with Crippen molar-refractivity contribution in [3.05, 3.63) is 53.6 Å². The lowest BCUT2D eigenvalue weighted by Gasteiger charge is -2.12. The Labute approximate surface area is 134 Å². The van der Waals surface area contributed by atoms with E-state index in [4.69, 9.17) is 4.74 Å². The summed E-state index contributed by atoms with van der Waals surface area (Å²) < 4.78 is 30.9. The molecule has 0 radical (unpaired) electrons. The number of carbonyl (C=O) groups excluding carboxylic acids is 1. The van der Waals surface area contributed by atoms with Crippen molar-refractivity contribution in [3.63, 3.8) is 0 Å². The summed E-state index contributed by atoms with van der Waals surface area (Å²) in [6.07, 6.45) is 4.87. The maximum atomic E-state index is 13.0. The fraction of sp³-hybridized carbons (Fsp3) is 0.353. The maximum Gasteiger partial charge on any atom is 0.244 e. The van der Waals surface area contributed by atoms with Gasteiger partial charge >= 0.3 is 0 Å². The minimum atomic E-state index is -1.02. The van der Waals surface area contributed by atoms with E-state index in [2.05, 4.69) is 5.32 Å². The third kappa shape index (κ3) is 7.06. The van der Waals surface area contributed by atoms with Crippen molar-refractivity contribution in [1.82, 2.24) is 5.32 Å². The second-order valence-corrected chi connectivity index (χ2v) is 4.84. The van der Waals surface area contributed by atoms with Crippen LogP contribution in [0.1, 0.15) is 20.3 Å². The molecular formula is C17H21F2NO3. The van der Waals surface area contributed by atoms with Crippen LogP contribution in [0.3, 0.4) is 0 Å². The van der Waals surface area contributed by atoms with E-state index in [1.807, 2.05) is 19.9 Å². The van der Waals surface area contributed by atoms with E-state index < -0.39 is 17.7 Å². The van der Waals surface area contributed by atoms with Gasteiger partial charge in [0, 0.05) is 18.7 Å². The second kappa shape index (κ2) is 9.74. The summed E-state index contributed by atoms with van der Waals surface area (Å²) in [5.41, 5.74) is 1.03. The highest BCUT2D eigenvalue weighted by atomic mass is 19.2. The Kier molecular flexibility index (Phi) is 7.97.